The van der Waals surface area contributed by atoms with Crippen molar-refractivity contribution in [2.75, 3.05) is 13.1 Å². The van der Waals surface area contributed by atoms with Crippen molar-refractivity contribution in [3.05, 3.63) is 0 Å². The molecule has 0 rings (SSSR count). The molecule has 1 radical (unpaired) electrons. The van der Waals surface area contributed by atoms with Crippen LogP contribution < -0.4 is 21.3 Å². The van der Waals surface area contributed by atoms with Gasteiger partial charge < -0.3 is 121 Å². The average Bonchev–Trinajstić information content (AvgIpc) is 2.33. The van der Waals surface area contributed by atoms with Gasteiger partial charge in [0, 0.05) is 25.2 Å². The van der Waals surface area contributed by atoms with Crippen LogP contribution in [-0.2, 0) is 87.1 Å². The van der Waals surface area contributed by atoms with Crippen LogP contribution in [0.2, 0.25) is 0 Å². The molecule has 0 amide bonds. The quantitative estimate of drug-likeness (QED) is 0.204. The van der Waals surface area contributed by atoms with Gasteiger partial charge in [0.2, 0.25) is 0 Å². The summed E-state index contributed by atoms with van der Waals surface area (Å²) >= 11 is 37.3. The Morgan fingerprint density at radius 3 is 1.12 bits per heavy atom. The second-order valence-electron chi connectivity index (χ2n) is 4.00. The van der Waals surface area contributed by atoms with Gasteiger partial charge in [0.05, 0.1) is 0 Å². The minimum absolute atomic E-state index is 0. The van der Waals surface area contributed by atoms with E-state index in [9.17, 15) is 0 Å². The number of rotatable bonds is 6. The smallest absolute Gasteiger partial charge is 0.412 e. The van der Waals surface area contributed by atoms with Crippen LogP contribution in [0.1, 0.15) is 13.8 Å². The summed E-state index contributed by atoms with van der Waals surface area (Å²) in [5, 5.41) is 11.4. The molecular weight excluding hydrogens is 553 g/mol. The van der Waals surface area contributed by atoms with E-state index in [0.29, 0.717) is 30.4 Å². The largest absolute Gasteiger partial charge is 2.00 e. The fourth-order valence-electron chi connectivity index (χ4n) is 0.977. The van der Waals surface area contributed by atoms with E-state index in [0.717, 1.165) is 0 Å². The minimum Gasteiger partial charge on any atom is -0.412 e. The summed E-state index contributed by atoms with van der Waals surface area (Å²) in [6, 6.07) is 0.335. The Bertz CT molecular complexity index is 365. The number of hydrogen-bond donors (Lipinski definition) is 4. The second-order valence-corrected chi connectivity index (χ2v) is 8.30. The van der Waals surface area contributed by atoms with Gasteiger partial charge in [-0.25, -0.2) is 0 Å². The van der Waals surface area contributed by atoms with Crippen molar-refractivity contribution >= 4 is 117 Å². The van der Waals surface area contributed by atoms with Gasteiger partial charge in [-0.1, -0.05) is 17.3 Å². The molecule has 0 fully saturated rings. The van der Waals surface area contributed by atoms with E-state index in [4.69, 9.17) is 0 Å². The first-order valence-electron chi connectivity index (χ1n) is 5.89. The molecular formula is C10H16MnN4S8Zn. The Morgan fingerprint density at radius 2 is 0.958 bits per heavy atom. The Labute approximate surface area is 211 Å². The van der Waals surface area contributed by atoms with E-state index < -0.39 is 0 Å². The summed E-state index contributed by atoms with van der Waals surface area (Å²) in [7, 11) is 0. The third-order valence-corrected chi connectivity index (χ3v) is 2.88. The number of hydrogen-bond acceptors (Lipinski definition) is 8. The van der Waals surface area contributed by atoms with Gasteiger partial charge in [0.1, 0.15) is 0 Å². The Hall–Kier alpha value is 1.58. The van der Waals surface area contributed by atoms with Crippen LogP contribution in [-0.4, -0.2) is 42.5 Å². The molecule has 0 heterocycles. The zero-order valence-corrected chi connectivity index (χ0v) is 23.6. The number of nitrogens with one attached hydrogen (secondary N) is 4. The van der Waals surface area contributed by atoms with Crippen molar-refractivity contribution in [3.8, 4) is 0 Å². The summed E-state index contributed by atoms with van der Waals surface area (Å²) in [6.45, 7) is 5.19. The molecule has 133 valence electrons. The first-order chi connectivity index (χ1) is 10.0. The molecule has 0 bridgehead atoms. The van der Waals surface area contributed by atoms with E-state index in [1.54, 1.807) is 0 Å². The van der Waals surface area contributed by atoms with Crippen LogP contribution in [0.5, 0.6) is 0 Å². The van der Waals surface area contributed by atoms with E-state index in [1.165, 1.54) is 0 Å². The molecule has 0 aromatic rings. The van der Waals surface area contributed by atoms with Crippen molar-refractivity contribution in [3.63, 3.8) is 0 Å². The molecule has 2 unspecified atom stereocenters. The van der Waals surface area contributed by atoms with E-state index in [-0.39, 0.29) is 48.6 Å². The first-order valence-corrected chi connectivity index (χ1v) is 9.15. The average molecular weight is 569 g/mol. The molecule has 4 N–H and O–H groups in total. The molecule has 0 spiro atoms. The van der Waals surface area contributed by atoms with Gasteiger partial charge in [-0.05, 0) is 13.8 Å². The van der Waals surface area contributed by atoms with Crippen LogP contribution in [0.4, 0.5) is 0 Å². The predicted molar refractivity (Wildman–Crippen MR) is 121 cm³/mol. The maximum atomic E-state index is 4.67. The van der Waals surface area contributed by atoms with Crippen molar-refractivity contribution in [2.24, 2.45) is 0 Å². The summed E-state index contributed by atoms with van der Waals surface area (Å²) in [6.07, 6.45) is 0. The van der Waals surface area contributed by atoms with Crippen LogP contribution in [0, 0.1) is 0 Å². The Morgan fingerprint density at radius 1 is 0.708 bits per heavy atom. The maximum absolute atomic E-state index is 4.67. The predicted octanol–water partition coefficient (Wildman–Crippen LogP) is 0.430. The monoisotopic (exact) mass is 567 g/mol. The fraction of sp³-hybridized carbons (Fsp3) is 0.600. The van der Waals surface area contributed by atoms with E-state index in [2.05, 4.69) is 121 Å². The summed E-state index contributed by atoms with van der Waals surface area (Å²) in [5.74, 6) is 0. The molecule has 4 nitrogen and oxygen atoms in total. The van der Waals surface area contributed by atoms with Gasteiger partial charge in [-0.2, -0.15) is 0 Å². The zero-order chi connectivity index (χ0) is 17.7. The SMILES string of the molecule is CC(CNC(=S)[S-])NC(=S)[S-].CC(CNC(=S)[S-])NC(=S)[S-].[Mn+2].[Zn+2]. The third kappa shape index (κ3) is 31.4. The fourth-order valence-corrected chi connectivity index (χ4v) is 2.12. The standard InChI is InChI=1S/2C5H10N2S4.Mn.Zn/c2*1-3(7-5(10)11)2-6-4(8)9;;/h2*3H,2H2,1H3,(H2,6,8,9)(H2,7,10,11);;/q;;2*+2/p-4. The van der Waals surface area contributed by atoms with Crippen LogP contribution in [0.25, 0.3) is 0 Å². The first kappa shape index (κ1) is 33.2. The molecule has 2 atom stereocenters. The molecule has 0 aliphatic rings. The normalized spacial score (nSPS) is 10.8. The van der Waals surface area contributed by atoms with E-state index in [1.807, 2.05) is 13.8 Å². The topological polar surface area (TPSA) is 48.1 Å². The third-order valence-electron chi connectivity index (χ3n) is 1.83. The minimum atomic E-state index is 0. The molecule has 0 aliphatic carbocycles. The van der Waals surface area contributed by atoms with Crippen molar-refractivity contribution in [2.45, 2.75) is 25.9 Å². The van der Waals surface area contributed by atoms with Crippen LogP contribution >= 0.6 is 48.9 Å². The Balaban J connectivity index is -0.000000154. The molecule has 0 aromatic carbocycles. The Kier molecular flexibility index (Phi) is 28.9. The summed E-state index contributed by atoms with van der Waals surface area (Å²) in [4.78, 5) is 0. The van der Waals surface area contributed by atoms with E-state index >= 15 is 0 Å². The van der Waals surface area contributed by atoms with Gasteiger partial charge in [-0.3, -0.25) is 0 Å². The molecule has 24 heavy (non-hydrogen) atoms. The van der Waals surface area contributed by atoms with Gasteiger partial charge in [-0.15, -0.1) is 0 Å². The van der Waals surface area contributed by atoms with Crippen molar-refractivity contribution in [1.82, 2.24) is 21.3 Å². The van der Waals surface area contributed by atoms with Crippen LogP contribution in [0.15, 0.2) is 0 Å². The van der Waals surface area contributed by atoms with Crippen LogP contribution in [0.3, 0.4) is 0 Å². The van der Waals surface area contributed by atoms with Crippen molar-refractivity contribution in [1.29, 1.82) is 0 Å². The van der Waals surface area contributed by atoms with Crippen molar-refractivity contribution < 1.29 is 36.5 Å². The maximum Gasteiger partial charge on any atom is 2.00 e. The molecule has 14 heteroatoms. The molecule has 0 aliphatic heterocycles. The molecule has 0 aromatic heterocycles. The summed E-state index contributed by atoms with van der Waals surface area (Å²) < 4.78 is 1.48. The molecule has 0 saturated carbocycles. The van der Waals surface area contributed by atoms with Gasteiger partial charge in [0.25, 0.3) is 0 Å². The summed E-state index contributed by atoms with van der Waals surface area (Å²) in [5.41, 5.74) is 0. The van der Waals surface area contributed by atoms with Gasteiger partial charge >= 0.3 is 36.5 Å². The zero-order valence-electron chi connectivity index (χ0n) is 12.9. The number of thiocarbonyl (C=S) groups is 4. The molecule has 0 saturated heterocycles. The van der Waals surface area contributed by atoms with Gasteiger partial charge in [0.15, 0.2) is 0 Å². The second kappa shape index (κ2) is 20.9.